The van der Waals surface area contributed by atoms with Crippen LogP contribution in [0, 0.1) is 18.8 Å². The van der Waals surface area contributed by atoms with E-state index in [1.165, 1.54) is 7.11 Å². The molecule has 0 aliphatic heterocycles. The monoisotopic (exact) mass is 287 g/mol. The van der Waals surface area contributed by atoms with E-state index in [1.807, 2.05) is 25.8 Å². The van der Waals surface area contributed by atoms with Gasteiger partial charge in [-0.1, -0.05) is 11.1 Å². The van der Waals surface area contributed by atoms with Crippen LogP contribution >= 0.6 is 0 Å². The van der Waals surface area contributed by atoms with E-state index in [0.717, 1.165) is 18.7 Å². The van der Waals surface area contributed by atoms with Crippen LogP contribution in [0.15, 0.2) is 22.5 Å². The molecule has 0 saturated carbocycles. The summed E-state index contributed by atoms with van der Waals surface area (Å²) in [5, 5.41) is 10.3. The molecule has 5 nitrogen and oxygen atoms in total. The van der Waals surface area contributed by atoms with Gasteiger partial charge in [0.1, 0.15) is 5.69 Å². The molecule has 0 fully saturated rings. The fraction of sp³-hybridized carbons (Fsp3) is 0.438. The summed E-state index contributed by atoms with van der Waals surface area (Å²) in [6.45, 7) is 9.22. The third kappa shape index (κ3) is 4.32. The minimum Gasteiger partial charge on any atom is -0.465 e. The number of ether oxygens (including phenoxy) is 1. The van der Waals surface area contributed by atoms with Crippen LogP contribution in [0.3, 0.4) is 0 Å². The van der Waals surface area contributed by atoms with Gasteiger partial charge in [-0.15, -0.1) is 11.0 Å². The van der Waals surface area contributed by atoms with E-state index in [9.17, 15) is 4.79 Å². The molecule has 21 heavy (non-hydrogen) atoms. The Kier molecular flexibility index (Phi) is 6.41. The van der Waals surface area contributed by atoms with Gasteiger partial charge in [-0.3, -0.25) is 5.01 Å². The Labute approximate surface area is 126 Å². The summed E-state index contributed by atoms with van der Waals surface area (Å²) in [6, 6.07) is 3.43. The molecule has 0 saturated heterocycles. The van der Waals surface area contributed by atoms with Crippen LogP contribution in [0.5, 0.6) is 0 Å². The molecule has 0 bridgehead atoms. The average molecular weight is 287 g/mol. The number of carbonyl (C=O) groups is 1. The maximum absolute atomic E-state index is 11.7. The normalized spacial score (nSPS) is 10.1. The van der Waals surface area contributed by atoms with Gasteiger partial charge in [-0.25, -0.2) is 4.79 Å². The standard InChI is InChI=1S/C16H21N3O2/c1-6-9-13-11-14(16(20)21-5)10-12(4)15(13)17-18-19(7-2)8-3/h10-11H,7-8H2,1-5H3/b18-17+. The first kappa shape index (κ1) is 16.7. The van der Waals surface area contributed by atoms with Crippen molar-refractivity contribution in [1.82, 2.24) is 5.01 Å². The molecule has 1 aromatic carbocycles. The van der Waals surface area contributed by atoms with Crippen LogP contribution in [-0.4, -0.2) is 31.2 Å². The van der Waals surface area contributed by atoms with Crippen LogP contribution in [0.1, 0.15) is 42.3 Å². The van der Waals surface area contributed by atoms with Gasteiger partial charge >= 0.3 is 5.97 Å². The third-order valence-electron chi connectivity index (χ3n) is 2.98. The minimum absolute atomic E-state index is 0.385. The van der Waals surface area contributed by atoms with Gasteiger partial charge in [0.05, 0.1) is 18.2 Å². The zero-order chi connectivity index (χ0) is 15.8. The molecule has 0 unspecified atom stereocenters. The number of hydrogen-bond donors (Lipinski definition) is 0. The van der Waals surface area contributed by atoms with Gasteiger partial charge in [0.25, 0.3) is 0 Å². The van der Waals surface area contributed by atoms with Crippen molar-refractivity contribution in [2.75, 3.05) is 20.2 Å². The Balaban J connectivity index is 3.30. The second-order valence-corrected chi connectivity index (χ2v) is 4.38. The van der Waals surface area contributed by atoms with E-state index in [-0.39, 0.29) is 5.97 Å². The van der Waals surface area contributed by atoms with Gasteiger partial charge in [-0.05, 0) is 45.4 Å². The molecule has 0 heterocycles. The van der Waals surface area contributed by atoms with E-state index in [0.29, 0.717) is 16.8 Å². The van der Waals surface area contributed by atoms with Crippen LogP contribution in [0.4, 0.5) is 5.69 Å². The Hall–Kier alpha value is -2.35. The highest BCUT2D eigenvalue weighted by Gasteiger charge is 2.12. The molecule has 112 valence electrons. The van der Waals surface area contributed by atoms with E-state index < -0.39 is 0 Å². The summed E-state index contributed by atoms with van der Waals surface area (Å²) < 4.78 is 4.75. The van der Waals surface area contributed by atoms with E-state index in [2.05, 4.69) is 22.2 Å². The van der Waals surface area contributed by atoms with Gasteiger partial charge in [0, 0.05) is 13.1 Å². The smallest absolute Gasteiger partial charge is 0.337 e. The molecular weight excluding hydrogens is 266 g/mol. The van der Waals surface area contributed by atoms with E-state index >= 15 is 0 Å². The lowest BCUT2D eigenvalue weighted by Gasteiger charge is -2.12. The van der Waals surface area contributed by atoms with Crippen LogP contribution in [0.25, 0.3) is 0 Å². The van der Waals surface area contributed by atoms with Crippen molar-refractivity contribution in [1.29, 1.82) is 0 Å². The highest BCUT2D eigenvalue weighted by molar-refractivity contribution is 5.91. The predicted molar refractivity (Wildman–Crippen MR) is 82.5 cm³/mol. The Morgan fingerprint density at radius 1 is 1.33 bits per heavy atom. The molecule has 0 aromatic heterocycles. The maximum Gasteiger partial charge on any atom is 0.337 e. The quantitative estimate of drug-likeness (QED) is 0.360. The van der Waals surface area contributed by atoms with Crippen molar-refractivity contribution in [2.24, 2.45) is 10.3 Å². The highest BCUT2D eigenvalue weighted by atomic mass is 16.5. The van der Waals surface area contributed by atoms with Crippen molar-refractivity contribution in [3.05, 3.63) is 28.8 Å². The maximum atomic E-state index is 11.7. The molecule has 0 spiro atoms. The summed E-state index contributed by atoms with van der Waals surface area (Å²) in [7, 11) is 1.36. The van der Waals surface area contributed by atoms with Gasteiger partial charge in [-0.2, -0.15) is 0 Å². The lowest BCUT2D eigenvalue weighted by Crippen LogP contribution is -2.14. The first-order valence-electron chi connectivity index (χ1n) is 6.89. The number of carbonyl (C=O) groups excluding carboxylic acids is 1. The molecule has 0 radical (unpaired) electrons. The number of benzene rings is 1. The average Bonchev–Trinajstić information content (AvgIpc) is 2.49. The molecule has 0 atom stereocenters. The summed E-state index contributed by atoms with van der Waals surface area (Å²) in [5.41, 5.74) is 2.67. The summed E-state index contributed by atoms with van der Waals surface area (Å²) in [6.07, 6.45) is 0. The number of hydrogen-bond acceptors (Lipinski definition) is 4. The zero-order valence-electron chi connectivity index (χ0n) is 13.2. The molecule has 5 heteroatoms. The Morgan fingerprint density at radius 2 is 2.00 bits per heavy atom. The molecular formula is C16H21N3O2. The number of esters is 1. The second kappa shape index (κ2) is 8.05. The van der Waals surface area contributed by atoms with Crippen LogP contribution < -0.4 is 0 Å². The second-order valence-electron chi connectivity index (χ2n) is 4.38. The molecule has 0 N–H and O–H groups in total. The summed E-state index contributed by atoms with van der Waals surface area (Å²) >= 11 is 0. The minimum atomic E-state index is -0.385. The fourth-order valence-corrected chi connectivity index (χ4v) is 1.84. The van der Waals surface area contributed by atoms with Crippen molar-refractivity contribution >= 4 is 11.7 Å². The van der Waals surface area contributed by atoms with Crippen molar-refractivity contribution < 1.29 is 9.53 Å². The van der Waals surface area contributed by atoms with E-state index in [4.69, 9.17) is 4.74 Å². The predicted octanol–water partition coefficient (Wildman–Crippen LogP) is 3.49. The largest absolute Gasteiger partial charge is 0.465 e. The highest BCUT2D eigenvalue weighted by Crippen LogP contribution is 2.26. The molecule has 1 aromatic rings. The van der Waals surface area contributed by atoms with Crippen molar-refractivity contribution in [3.63, 3.8) is 0 Å². The number of aryl methyl sites for hydroxylation is 1. The van der Waals surface area contributed by atoms with Crippen molar-refractivity contribution in [3.8, 4) is 11.8 Å². The summed E-state index contributed by atoms with van der Waals surface area (Å²) in [4.78, 5) is 11.7. The van der Waals surface area contributed by atoms with E-state index in [1.54, 1.807) is 19.1 Å². The molecule has 0 aliphatic rings. The number of methoxy groups -OCH3 is 1. The van der Waals surface area contributed by atoms with Gasteiger partial charge < -0.3 is 4.74 Å². The van der Waals surface area contributed by atoms with Crippen LogP contribution in [0.2, 0.25) is 0 Å². The zero-order valence-corrected chi connectivity index (χ0v) is 13.2. The van der Waals surface area contributed by atoms with Gasteiger partial charge in [0.2, 0.25) is 0 Å². The fourth-order valence-electron chi connectivity index (χ4n) is 1.84. The topological polar surface area (TPSA) is 54.3 Å². The third-order valence-corrected chi connectivity index (χ3v) is 2.98. The lowest BCUT2D eigenvalue weighted by atomic mass is 10.0. The molecule has 1 rings (SSSR count). The lowest BCUT2D eigenvalue weighted by molar-refractivity contribution is 0.0600. The number of nitrogens with zero attached hydrogens (tertiary/aromatic N) is 3. The van der Waals surface area contributed by atoms with Gasteiger partial charge in [0.15, 0.2) is 0 Å². The van der Waals surface area contributed by atoms with Crippen LogP contribution in [-0.2, 0) is 4.74 Å². The SMILES string of the molecule is CC#Cc1cc(C(=O)OC)cc(C)c1/N=N/N(CC)CC. The molecule has 0 amide bonds. The number of rotatable bonds is 5. The Morgan fingerprint density at radius 3 is 2.52 bits per heavy atom. The summed E-state index contributed by atoms with van der Waals surface area (Å²) in [5.74, 6) is 5.42. The molecule has 0 aliphatic carbocycles. The van der Waals surface area contributed by atoms with Crippen molar-refractivity contribution in [2.45, 2.75) is 27.7 Å². The first-order valence-corrected chi connectivity index (χ1v) is 6.89. The first-order chi connectivity index (χ1) is 10.1. The Bertz CT molecular complexity index is 594.